The average Bonchev–Trinajstić information content (AvgIpc) is 3.20. The predicted molar refractivity (Wildman–Crippen MR) is 79.5 cm³/mol. The number of nitrogens with one attached hydrogen (secondary N) is 1. The van der Waals surface area contributed by atoms with Crippen LogP contribution in [-0.4, -0.2) is 36.6 Å². The first-order chi connectivity index (χ1) is 10.7. The Labute approximate surface area is 129 Å². The zero-order valence-electron chi connectivity index (χ0n) is 12.5. The molecule has 22 heavy (non-hydrogen) atoms. The summed E-state index contributed by atoms with van der Waals surface area (Å²) in [7, 11) is 0. The summed E-state index contributed by atoms with van der Waals surface area (Å²) >= 11 is 0. The molecule has 6 nitrogen and oxygen atoms in total. The minimum Gasteiger partial charge on any atom is -0.454 e. The Morgan fingerprint density at radius 3 is 2.68 bits per heavy atom. The van der Waals surface area contributed by atoms with Crippen LogP contribution in [0.25, 0.3) is 0 Å². The van der Waals surface area contributed by atoms with Crippen molar-refractivity contribution in [3.05, 3.63) is 23.8 Å². The lowest BCUT2D eigenvalue weighted by molar-refractivity contribution is -0.132. The number of fused-ring (bicyclic) bond motifs is 1. The Bertz CT molecular complexity index is 567. The van der Waals surface area contributed by atoms with Gasteiger partial charge in [-0.3, -0.25) is 9.59 Å². The van der Waals surface area contributed by atoms with Gasteiger partial charge in [0.2, 0.25) is 18.6 Å². The minimum absolute atomic E-state index is 0.0794. The number of benzene rings is 1. The Morgan fingerprint density at radius 1 is 1.09 bits per heavy atom. The van der Waals surface area contributed by atoms with Crippen molar-refractivity contribution >= 4 is 11.8 Å². The smallest absolute Gasteiger partial charge is 0.231 e. The lowest BCUT2D eigenvalue weighted by Gasteiger charge is -2.14. The molecule has 0 unspecified atom stereocenters. The van der Waals surface area contributed by atoms with Gasteiger partial charge in [0.25, 0.3) is 0 Å². The molecule has 2 heterocycles. The zero-order chi connectivity index (χ0) is 15.4. The van der Waals surface area contributed by atoms with E-state index < -0.39 is 0 Å². The summed E-state index contributed by atoms with van der Waals surface area (Å²) in [6, 6.07) is 5.59. The third-order valence-electron chi connectivity index (χ3n) is 3.95. The van der Waals surface area contributed by atoms with Gasteiger partial charge in [-0.1, -0.05) is 6.07 Å². The van der Waals surface area contributed by atoms with Gasteiger partial charge in [0.1, 0.15) is 0 Å². The lowest BCUT2D eigenvalue weighted by atomic mass is 10.2. The standard InChI is InChI=1S/C16H20N2O4/c19-15(5-6-16(20)18-7-1-2-8-18)17-10-12-3-4-13-14(9-12)22-11-21-13/h3-4,9H,1-2,5-8,10-11H2,(H,17,19). The second-order valence-corrected chi connectivity index (χ2v) is 5.55. The number of carbonyl (C=O) groups is 2. The van der Waals surface area contributed by atoms with E-state index in [4.69, 9.17) is 9.47 Å². The van der Waals surface area contributed by atoms with Gasteiger partial charge >= 0.3 is 0 Å². The zero-order valence-corrected chi connectivity index (χ0v) is 12.5. The summed E-state index contributed by atoms with van der Waals surface area (Å²) in [5.41, 5.74) is 0.948. The van der Waals surface area contributed by atoms with E-state index in [-0.39, 0.29) is 31.4 Å². The molecule has 0 aromatic heterocycles. The molecule has 6 heteroatoms. The van der Waals surface area contributed by atoms with Crippen LogP contribution >= 0.6 is 0 Å². The predicted octanol–water partition coefficient (Wildman–Crippen LogP) is 1.43. The molecule has 2 amide bonds. The molecule has 1 aromatic rings. The van der Waals surface area contributed by atoms with Gasteiger partial charge < -0.3 is 19.7 Å². The van der Waals surface area contributed by atoms with E-state index in [1.807, 2.05) is 23.1 Å². The van der Waals surface area contributed by atoms with Crippen molar-refractivity contribution < 1.29 is 19.1 Å². The second-order valence-electron chi connectivity index (χ2n) is 5.55. The summed E-state index contributed by atoms with van der Waals surface area (Å²) in [5.74, 6) is 1.41. The highest BCUT2D eigenvalue weighted by molar-refractivity contribution is 5.83. The van der Waals surface area contributed by atoms with Crippen LogP contribution < -0.4 is 14.8 Å². The Hall–Kier alpha value is -2.24. The van der Waals surface area contributed by atoms with Crippen molar-refractivity contribution in [2.24, 2.45) is 0 Å². The maximum Gasteiger partial charge on any atom is 0.231 e. The van der Waals surface area contributed by atoms with Gasteiger partial charge in [-0.15, -0.1) is 0 Å². The molecule has 0 spiro atoms. The van der Waals surface area contributed by atoms with Crippen molar-refractivity contribution in [3.8, 4) is 11.5 Å². The van der Waals surface area contributed by atoms with Gasteiger partial charge in [0, 0.05) is 32.5 Å². The molecule has 0 bridgehead atoms. The maximum absolute atomic E-state index is 11.9. The molecule has 0 radical (unpaired) electrons. The molecule has 0 aliphatic carbocycles. The third-order valence-corrected chi connectivity index (χ3v) is 3.95. The molecule has 0 atom stereocenters. The monoisotopic (exact) mass is 304 g/mol. The van der Waals surface area contributed by atoms with Crippen molar-refractivity contribution in [1.29, 1.82) is 0 Å². The fraction of sp³-hybridized carbons (Fsp3) is 0.500. The Kier molecular flexibility index (Phi) is 4.46. The molecule has 1 fully saturated rings. The van der Waals surface area contributed by atoms with Crippen molar-refractivity contribution in [1.82, 2.24) is 10.2 Å². The molecule has 2 aliphatic heterocycles. The number of nitrogens with zero attached hydrogens (tertiary/aromatic N) is 1. The second kappa shape index (κ2) is 6.68. The number of carbonyl (C=O) groups excluding carboxylic acids is 2. The average molecular weight is 304 g/mol. The van der Waals surface area contributed by atoms with Crippen molar-refractivity contribution in [2.75, 3.05) is 19.9 Å². The SMILES string of the molecule is O=C(CCC(=O)N1CCCC1)NCc1ccc2c(c1)OCO2. The number of hydrogen-bond donors (Lipinski definition) is 1. The van der Waals surface area contributed by atoms with Crippen molar-refractivity contribution in [2.45, 2.75) is 32.2 Å². The summed E-state index contributed by atoms with van der Waals surface area (Å²) in [5, 5.41) is 2.83. The van der Waals surface area contributed by atoms with E-state index in [0.717, 1.165) is 37.2 Å². The van der Waals surface area contributed by atoms with Crippen LogP contribution in [0, 0.1) is 0 Å². The van der Waals surface area contributed by atoms with Crippen LogP contribution in [0.4, 0.5) is 0 Å². The van der Waals surface area contributed by atoms with Gasteiger partial charge in [-0.05, 0) is 30.5 Å². The number of amides is 2. The van der Waals surface area contributed by atoms with Crippen LogP contribution in [0.5, 0.6) is 11.5 Å². The molecular formula is C16H20N2O4. The summed E-state index contributed by atoms with van der Waals surface area (Å²) in [4.78, 5) is 25.5. The molecule has 1 aromatic carbocycles. The van der Waals surface area contributed by atoms with E-state index in [2.05, 4.69) is 5.32 Å². The molecular weight excluding hydrogens is 284 g/mol. The van der Waals surface area contributed by atoms with Gasteiger partial charge in [-0.2, -0.15) is 0 Å². The summed E-state index contributed by atoms with van der Waals surface area (Å²) < 4.78 is 10.5. The van der Waals surface area contributed by atoms with Crippen LogP contribution in [0.15, 0.2) is 18.2 Å². The van der Waals surface area contributed by atoms with E-state index in [9.17, 15) is 9.59 Å². The largest absolute Gasteiger partial charge is 0.454 e. The molecule has 3 rings (SSSR count). The van der Waals surface area contributed by atoms with Crippen molar-refractivity contribution in [3.63, 3.8) is 0 Å². The maximum atomic E-state index is 11.9. The quantitative estimate of drug-likeness (QED) is 0.893. The number of likely N-dealkylation sites (tertiary alicyclic amines) is 1. The Morgan fingerprint density at radius 2 is 1.86 bits per heavy atom. The van der Waals surface area contributed by atoms with Crippen LogP contribution in [0.1, 0.15) is 31.2 Å². The van der Waals surface area contributed by atoms with Crippen LogP contribution in [-0.2, 0) is 16.1 Å². The van der Waals surface area contributed by atoms with E-state index in [0.29, 0.717) is 12.3 Å². The van der Waals surface area contributed by atoms with Crippen LogP contribution in [0.2, 0.25) is 0 Å². The number of ether oxygens (including phenoxy) is 2. The van der Waals surface area contributed by atoms with E-state index in [1.165, 1.54) is 0 Å². The normalized spacial score (nSPS) is 15.9. The first kappa shape index (κ1) is 14.7. The van der Waals surface area contributed by atoms with Gasteiger partial charge in [0.05, 0.1) is 0 Å². The summed E-state index contributed by atoms with van der Waals surface area (Å²) in [6.07, 6.45) is 2.66. The molecule has 118 valence electrons. The van der Waals surface area contributed by atoms with E-state index >= 15 is 0 Å². The molecule has 1 saturated heterocycles. The highest BCUT2D eigenvalue weighted by Gasteiger charge is 2.18. The molecule has 1 N–H and O–H groups in total. The lowest BCUT2D eigenvalue weighted by Crippen LogP contribution is -2.30. The van der Waals surface area contributed by atoms with Gasteiger partial charge in [0.15, 0.2) is 11.5 Å². The fourth-order valence-corrected chi connectivity index (χ4v) is 2.69. The minimum atomic E-state index is -0.106. The van der Waals surface area contributed by atoms with Gasteiger partial charge in [-0.25, -0.2) is 0 Å². The third kappa shape index (κ3) is 3.50. The highest BCUT2D eigenvalue weighted by atomic mass is 16.7. The first-order valence-electron chi connectivity index (χ1n) is 7.65. The molecule has 2 aliphatic rings. The topological polar surface area (TPSA) is 67.9 Å². The first-order valence-corrected chi connectivity index (χ1v) is 7.65. The summed E-state index contributed by atoms with van der Waals surface area (Å²) in [6.45, 7) is 2.33. The van der Waals surface area contributed by atoms with E-state index in [1.54, 1.807) is 0 Å². The number of hydrogen-bond acceptors (Lipinski definition) is 4. The van der Waals surface area contributed by atoms with Crippen LogP contribution in [0.3, 0.4) is 0 Å². The number of rotatable bonds is 5. The molecule has 0 saturated carbocycles. The Balaban J connectivity index is 1.41. The fourth-order valence-electron chi connectivity index (χ4n) is 2.69. The highest BCUT2D eigenvalue weighted by Crippen LogP contribution is 2.32.